The zero-order chi connectivity index (χ0) is 11.5. The summed E-state index contributed by atoms with van der Waals surface area (Å²) >= 11 is 5.82. The number of aryl methyl sites for hydroxylation is 1. The van der Waals surface area contributed by atoms with Crippen LogP contribution >= 0.6 is 11.6 Å². The van der Waals surface area contributed by atoms with Crippen molar-refractivity contribution < 1.29 is 0 Å². The smallest absolute Gasteiger partial charge is 0.0578 e. The van der Waals surface area contributed by atoms with Gasteiger partial charge in [0.2, 0.25) is 0 Å². The average Bonchev–Trinajstić information content (AvgIpc) is 2.63. The molecule has 16 heavy (non-hydrogen) atoms. The van der Waals surface area contributed by atoms with Crippen molar-refractivity contribution in [2.75, 3.05) is 11.1 Å². The minimum atomic E-state index is 0.642. The molecule has 3 N–H and O–H groups in total. The summed E-state index contributed by atoms with van der Waals surface area (Å²) in [4.78, 5) is 0. The van der Waals surface area contributed by atoms with Crippen molar-refractivity contribution in [2.45, 2.75) is 6.54 Å². The number of anilines is 2. The third-order valence-corrected chi connectivity index (χ3v) is 2.63. The van der Waals surface area contributed by atoms with E-state index in [1.54, 1.807) is 12.3 Å². The maximum Gasteiger partial charge on any atom is 0.0578 e. The van der Waals surface area contributed by atoms with E-state index in [1.165, 1.54) is 0 Å². The number of halogens is 1. The Morgan fingerprint density at radius 3 is 2.88 bits per heavy atom. The summed E-state index contributed by atoms with van der Waals surface area (Å²) in [6.07, 6.45) is 1.77. The van der Waals surface area contributed by atoms with Gasteiger partial charge in [0.05, 0.1) is 23.6 Å². The molecule has 0 saturated heterocycles. The third-order valence-electron chi connectivity index (χ3n) is 2.40. The Balaban J connectivity index is 2.08. The molecule has 1 aromatic carbocycles. The number of hydrogen-bond donors (Lipinski definition) is 2. The summed E-state index contributed by atoms with van der Waals surface area (Å²) in [7, 11) is 1.90. The molecule has 0 bridgehead atoms. The van der Waals surface area contributed by atoms with E-state index in [0.717, 1.165) is 11.4 Å². The van der Waals surface area contributed by atoms with Gasteiger partial charge in [-0.15, -0.1) is 0 Å². The Labute approximate surface area is 99.0 Å². The molecule has 0 spiro atoms. The first-order valence-corrected chi connectivity index (χ1v) is 5.30. The largest absolute Gasteiger partial charge is 0.397 e. The highest BCUT2D eigenvalue weighted by molar-refractivity contribution is 6.31. The van der Waals surface area contributed by atoms with Crippen molar-refractivity contribution in [2.24, 2.45) is 7.05 Å². The van der Waals surface area contributed by atoms with Crippen molar-refractivity contribution in [1.82, 2.24) is 9.78 Å². The number of nitrogens with one attached hydrogen (secondary N) is 1. The Hall–Kier alpha value is -1.68. The van der Waals surface area contributed by atoms with Crippen LogP contribution in [-0.4, -0.2) is 9.78 Å². The normalized spacial score (nSPS) is 10.4. The molecule has 0 saturated carbocycles. The molecule has 0 aliphatic carbocycles. The lowest BCUT2D eigenvalue weighted by Crippen LogP contribution is -2.06. The van der Waals surface area contributed by atoms with E-state index in [2.05, 4.69) is 10.4 Å². The van der Waals surface area contributed by atoms with Crippen LogP contribution in [0.2, 0.25) is 5.02 Å². The summed E-state index contributed by atoms with van der Waals surface area (Å²) in [5.41, 5.74) is 8.45. The van der Waals surface area contributed by atoms with E-state index in [-0.39, 0.29) is 0 Å². The lowest BCUT2D eigenvalue weighted by molar-refractivity contribution is 0.720. The molecule has 0 fully saturated rings. The maximum atomic E-state index is 5.83. The van der Waals surface area contributed by atoms with Gasteiger partial charge in [-0.05, 0) is 24.3 Å². The summed E-state index contributed by atoms with van der Waals surface area (Å²) in [5, 5.41) is 7.97. The standard InChI is InChI=1S/C11H13ClN4/c1-16-9(4-5-15-16)7-14-11-3-2-8(12)6-10(11)13/h2-6,14H,7,13H2,1H3. The summed E-state index contributed by atoms with van der Waals surface area (Å²) in [6, 6.07) is 7.36. The number of benzene rings is 1. The van der Waals surface area contributed by atoms with E-state index >= 15 is 0 Å². The molecule has 1 heterocycles. The molecule has 0 amide bonds. The molecule has 5 heteroatoms. The molecule has 0 aliphatic heterocycles. The van der Waals surface area contributed by atoms with Crippen molar-refractivity contribution in [1.29, 1.82) is 0 Å². The van der Waals surface area contributed by atoms with Crippen molar-refractivity contribution in [3.8, 4) is 0 Å². The van der Waals surface area contributed by atoms with Gasteiger partial charge in [-0.3, -0.25) is 4.68 Å². The molecular weight excluding hydrogens is 224 g/mol. The van der Waals surface area contributed by atoms with Gasteiger partial charge in [-0.25, -0.2) is 0 Å². The molecule has 0 unspecified atom stereocenters. The predicted molar refractivity (Wildman–Crippen MR) is 66.4 cm³/mol. The van der Waals surface area contributed by atoms with Crippen molar-refractivity contribution in [3.05, 3.63) is 41.2 Å². The third kappa shape index (κ3) is 2.28. The molecule has 0 radical (unpaired) electrons. The second kappa shape index (κ2) is 4.45. The van der Waals surface area contributed by atoms with Crippen LogP contribution in [0.5, 0.6) is 0 Å². The Morgan fingerprint density at radius 1 is 1.44 bits per heavy atom. The van der Waals surface area contributed by atoms with E-state index in [4.69, 9.17) is 17.3 Å². The van der Waals surface area contributed by atoms with Gasteiger partial charge < -0.3 is 11.1 Å². The van der Waals surface area contributed by atoms with E-state index < -0.39 is 0 Å². The van der Waals surface area contributed by atoms with Gasteiger partial charge in [-0.2, -0.15) is 5.10 Å². The first-order chi connectivity index (χ1) is 7.66. The first kappa shape index (κ1) is 10.8. The van der Waals surface area contributed by atoms with Gasteiger partial charge in [0.25, 0.3) is 0 Å². The fourth-order valence-electron chi connectivity index (χ4n) is 1.46. The highest BCUT2D eigenvalue weighted by Gasteiger charge is 2.01. The van der Waals surface area contributed by atoms with Crippen LogP contribution in [0, 0.1) is 0 Å². The van der Waals surface area contributed by atoms with Crippen molar-refractivity contribution in [3.63, 3.8) is 0 Å². The van der Waals surface area contributed by atoms with Crippen LogP contribution in [0.25, 0.3) is 0 Å². The van der Waals surface area contributed by atoms with E-state index in [0.29, 0.717) is 17.3 Å². The second-order valence-corrected chi connectivity index (χ2v) is 3.97. The molecule has 1 aromatic heterocycles. The van der Waals surface area contributed by atoms with Gasteiger partial charge in [-0.1, -0.05) is 11.6 Å². The quantitative estimate of drug-likeness (QED) is 0.804. The number of nitrogens with zero attached hydrogens (tertiary/aromatic N) is 2. The highest BCUT2D eigenvalue weighted by atomic mass is 35.5. The number of rotatable bonds is 3. The number of hydrogen-bond acceptors (Lipinski definition) is 3. The van der Waals surface area contributed by atoms with Crippen molar-refractivity contribution >= 4 is 23.0 Å². The zero-order valence-electron chi connectivity index (χ0n) is 8.94. The lowest BCUT2D eigenvalue weighted by Gasteiger charge is -2.09. The molecule has 84 valence electrons. The van der Waals surface area contributed by atoms with E-state index in [9.17, 15) is 0 Å². The monoisotopic (exact) mass is 236 g/mol. The summed E-state index contributed by atoms with van der Waals surface area (Å²) in [5.74, 6) is 0. The Kier molecular flexibility index (Phi) is 3.01. The fraction of sp³-hybridized carbons (Fsp3) is 0.182. The van der Waals surface area contributed by atoms with Crippen LogP contribution in [0.4, 0.5) is 11.4 Å². The average molecular weight is 237 g/mol. The second-order valence-electron chi connectivity index (χ2n) is 3.53. The SMILES string of the molecule is Cn1nccc1CNc1ccc(Cl)cc1N. The Bertz CT molecular complexity index is 492. The molecule has 2 rings (SSSR count). The van der Waals surface area contributed by atoms with Crippen LogP contribution in [-0.2, 0) is 13.6 Å². The molecule has 4 nitrogen and oxygen atoms in total. The molecular formula is C11H13ClN4. The highest BCUT2D eigenvalue weighted by Crippen LogP contribution is 2.22. The van der Waals surface area contributed by atoms with Gasteiger partial charge in [0.1, 0.15) is 0 Å². The molecule has 0 aliphatic rings. The number of nitrogen functional groups attached to an aromatic ring is 1. The number of aromatic nitrogens is 2. The zero-order valence-corrected chi connectivity index (χ0v) is 9.70. The van der Waals surface area contributed by atoms with Crippen LogP contribution in [0.1, 0.15) is 5.69 Å². The van der Waals surface area contributed by atoms with Gasteiger partial charge >= 0.3 is 0 Å². The summed E-state index contributed by atoms with van der Waals surface area (Å²) in [6.45, 7) is 0.683. The Morgan fingerprint density at radius 2 is 2.25 bits per heavy atom. The minimum Gasteiger partial charge on any atom is -0.397 e. The molecule has 2 aromatic rings. The van der Waals surface area contributed by atoms with Crippen LogP contribution in [0.15, 0.2) is 30.5 Å². The topological polar surface area (TPSA) is 55.9 Å². The predicted octanol–water partition coefficient (Wildman–Crippen LogP) is 2.27. The number of nitrogens with two attached hydrogens (primary N) is 1. The summed E-state index contributed by atoms with van der Waals surface area (Å²) < 4.78 is 1.82. The maximum absolute atomic E-state index is 5.83. The first-order valence-electron chi connectivity index (χ1n) is 4.92. The molecule has 0 atom stereocenters. The van der Waals surface area contributed by atoms with Crippen LogP contribution in [0.3, 0.4) is 0 Å². The lowest BCUT2D eigenvalue weighted by atomic mass is 10.2. The van der Waals surface area contributed by atoms with Gasteiger partial charge in [0, 0.05) is 18.3 Å². The van der Waals surface area contributed by atoms with Crippen LogP contribution < -0.4 is 11.1 Å². The minimum absolute atomic E-state index is 0.642. The van der Waals surface area contributed by atoms with Gasteiger partial charge in [0.15, 0.2) is 0 Å². The van der Waals surface area contributed by atoms with E-state index in [1.807, 2.05) is 29.9 Å². The fourth-order valence-corrected chi connectivity index (χ4v) is 1.64.